The molecule has 1 heterocycles. The van der Waals surface area contributed by atoms with E-state index in [1.54, 1.807) is 4.90 Å². The number of rotatable bonds is 4. The Hall–Kier alpha value is -1.91. The van der Waals surface area contributed by atoms with Gasteiger partial charge in [0.15, 0.2) is 0 Å². The van der Waals surface area contributed by atoms with Crippen molar-refractivity contribution in [2.75, 3.05) is 13.1 Å². The lowest BCUT2D eigenvalue weighted by Gasteiger charge is -2.34. The van der Waals surface area contributed by atoms with Gasteiger partial charge in [0.1, 0.15) is 5.82 Å². The van der Waals surface area contributed by atoms with Crippen molar-refractivity contribution in [1.82, 2.24) is 10.2 Å². The molecule has 1 aliphatic heterocycles. The van der Waals surface area contributed by atoms with Crippen LogP contribution < -0.4 is 5.32 Å². The molecular formula is C22H29FN2O2. The van der Waals surface area contributed by atoms with Crippen LogP contribution in [-0.2, 0) is 4.79 Å². The molecule has 3 fully saturated rings. The Bertz CT molecular complexity index is 705. The summed E-state index contributed by atoms with van der Waals surface area (Å²) in [6, 6.07) is 5.85. The zero-order valence-corrected chi connectivity index (χ0v) is 16.0. The standard InChI is InChI=1S/C22H29FN2O2/c1-14(20-12-15-4-5-17(20)11-15)24-21(26)18-3-2-10-25(13-18)22(27)16-6-8-19(23)9-7-16/h6-9,14-15,17-18,20H,2-5,10-13H2,1H3,(H,24,26). The molecule has 0 radical (unpaired) electrons. The number of carbonyl (C=O) groups excluding carboxylic acids is 2. The van der Waals surface area contributed by atoms with Crippen molar-refractivity contribution in [3.8, 4) is 0 Å². The van der Waals surface area contributed by atoms with E-state index < -0.39 is 0 Å². The highest BCUT2D eigenvalue weighted by Crippen LogP contribution is 2.49. The number of piperidine rings is 1. The zero-order valence-electron chi connectivity index (χ0n) is 16.0. The fourth-order valence-electron chi connectivity index (χ4n) is 5.51. The summed E-state index contributed by atoms with van der Waals surface area (Å²) < 4.78 is 13.1. The largest absolute Gasteiger partial charge is 0.353 e. The lowest BCUT2D eigenvalue weighted by Crippen LogP contribution is -2.49. The topological polar surface area (TPSA) is 49.4 Å². The van der Waals surface area contributed by atoms with Crippen LogP contribution in [0.25, 0.3) is 0 Å². The summed E-state index contributed by atoms with van der Waals surface area (Å²) in [5.41, 5.74) is 0.479. The van der Waals surface area contributed by atoms with Crippen molar-refractivity contribution in [2.24, 2.45) is 23.7 Å². The Kier molecular flexibility index (Phi) is 5.20. The fourth-order valence-corrected chi connectivity index (χ4v) is 5.51. The number of carbonyl (C=O) groups is 2. The molecule has 5 heteroatoms. The molecule has 2 saturated carbocycles. The zero-order chi connectivity index (χ0) is 19.0. The van der Waals surface area contributed by atoms with Gasteiger partial charge < -0.3 is 10.2 Å². The number of likely N-dealkylation sites (tertiary alicyclic amines) is 1. The summed E-state index contributed by atoms with van der Waals surface area (Å²) >= 11 is 0. The van der Waals surface area contributed by atoms with Crippen LogP contribution in [0.3, 0.4) is 0 Å². The van der Waals surface area contributed by atoms with E-state index in [1.165, 1.54) is 49.9 Å². The van der Waals surface area contributed by atoms with Gasteiger partial charge >= 0.3 is 0 Å². The summed E-state index contributed by atoms with van der Waals surface area (Å²) in [6.07, 6.45) is 6.93. The molecule has 1 aromatic carbocycles. The second-order valence-electron chi connectivity index (χ2n) is 8.73. The van der Waals surface area contributed by atoms with E-state index in [4.69, 9.17) is 0 Å². The maximum atomic E-state index is 13.1. The summed E-state index contributed by atoms with van der Waals surface area (Å²) in [5.74, 6) is 1.75. The van der Waals surface area contributed by atoms with E-state index in [9.17, 15) is 14.0 Å². The van der Waals surface area contributed by atoms with E-state index in [2.05, 4.69) is 12.2 Å². The third-order valence-electron chi connectivity index (χ3n) is 6.98. The van der Waals surface area contributed by atoms with Crippen molar-refractivity contribution in [2.45, 2.75) is 51.5 Å². The summed E-state index contributed by atoms with van der Waals surface area (Å²) in [4.78, 5) is 27.2. The van der Waals surface area contributed by atoms with Gasteiger partial charge in [-0.2, -0.15) is 0 Å². The van der Waals surface area contributed by atoms with Gasteiger partial charge in [-0.25, -0.2) is 4.39 Å². The molecule has 1 N–H and O–H groups in total. The van der Waals surface area contributed by atoms with Crippen LogP contribution in [0.1, 0.15) is 55.8 Å². The van der Waals surface area contributed by atoms with Gasteiger partial charge in [0, 0.05) is 24.7 Å². The number of amides is 2. The molecule has 2 amide bonds. The van der Waals surface area contributed by atoms with Crippen LogP contribution in [0.2, 0.25) is 0 Å². The third kappa shape index (κ3) is 3.87. The van der Waals surface area contributed by atoms with Crippen LogP contribution in [0, 0.1) is 29.5 Å². The third-order valence-corrected chi connectivity index (χ3v) is 6.98. The summed E-state index contributed by atoms with van der Waals surface area (Å²) in [7, 11) is 0. The molecule has 2 aliphatic carbocycles. The number of hydrogen-bond acceptors (Lipinski definition) is 2. The first-order valence-corrected chi connectivity index (χ1v) is 10.4. The average molecular weight is 372 g/mol. The fraction of sp³-hybridized carbons (Fsp3) is 0.636. The molecule has 5 unspecified atom stereocenters. The monoisotopic (exact) mass is 372 g/mol. The van der Waals surface area contributed by atoms with Crippen LogP contribution in [0.15, 0.2) is 24.3 Å². The van der Waals surface area contributed by atoms with Gasteiger partial charge in [-0.1, -0.05) is 6.42 Å². The predicted molar refractivity (Wildman–Crippen MR) is 102 cm³/mol. The van der Waals surface area contributed by atoms with Gasteiger partial charge in [0.2, 0.25) is 5.91 Å². The van der Waals surface area contributed by atoms with E-state index in [0.29, 0.717) is 24.6 Å². The van der Waals surface area contributed by atoms with Crippen molar-refractivity contribution in [3.05, 3.63) is 35.6 Å². The highest BCUT2D eigenvalue weighted by molar-refractivity contribution is 5.94. The van der Waals surface area contributed by atoms with Gasteiger partial charge in [-0.15, -0.1) is 0 Å². The molecule has 2 bridgehead atoms. The van der Waals surface area contributed by atoms with Crippen molar-refractivity contribution in [1.29, 1.82) is 0 Å². The first-order chi connectivity index (χ1) is 13.0. The molecule has 4 rings (SSSR count). The van der Waals surface area contributed by atoms with Crippen molar-refractivity contribution in [3.63, 3.8) is 0 Å². The quantitative estimate of drug-likeness (QED) is 0.878. The molecule has 5 atom stereocenters. The maximum Gasteiger partial charge on any atom is 0.253 e. The smallest absolute Gasteiger partial charge is 0.253 e. The molecule has 27 heavy (non-hydrogen) atoms. The highest BCUT2D eigenvalue weighted by atomic mass is 19.1. The minimum Gasteiger partial charge on any atom is -0.353 e. The van der Waals surface area contributed by atoms with Crippen LogP contribution in [0.5, 0.6) is 0 Å². The lowest BCUT2D eigenvalue weighted by atomic mass is 9.83. The number of halogens is 1. The Balaban J connectivity index is 1.34. The minimum absolute atomic E-state index is 0.0851. The lowest BCUT2D eigenvalue weighted by molar-refractivity contribution is -0.127. The SMILES string of the molecule is CC(NC(=O)C1CCCN(C(=O)c2ccc(F)cc2)C1)C1CC2CCC1C2. The summed E-state index contributed by atoms with van der Waals surface area (Å²) in [6.45, 7) is 3.25. The van der Waals surface area contributed by atoms with E-state index in [0.717, 1.165) is 24.7 Å². The van der Waals surface area contributed by atoms with Crippen molar-refractivity contribution < 1.29 is 14.0 Å². The van der Waals surface area contributed by atoms with E-state index in [1.807, 2.05) is 0 Å². The minimum atomic E-state index is -0.350. The second-order valence-corrected chi connectivity index (χ2v) is 8.73. The molecule has 146 valence electrons. The van der Waals surface area contributed by atoms with Gasteiger partial charge in [0.05, 0.1) is 5.92 Å². The van der Waals surface area contributed by atoms with Gasteiger partial charge in [-0.3, -0.25) is 9.59 Å². The molecular weight excluding hydrogens is 343 g/mol. The molecule has 0 aromatic heterocycles. The first kappa shape index (κ1) is 18.5. The van der Waals surface area contributed by atoms with Crippen LogP contribution >= 0.6 is 0 Å². The number of fused-ring (bicyclic) bond motifs is 2. The average Bonchev–Trinajstić information content (AvgIpc) is 3.32. The summed E-state index contributed by atoms with van der Waals surface area (Å²) in [5, 5.41) is 3.26. The Labute approximate surface area is 160 Å². The van der Waals surface area contributed by atoms with Crippen LogP contribution in [0.4, 0.5) is 4.39 Å². The molecule has 0 spiro atoms. The van der Waals surface area contributed by atoms with E-state index in [-0.39, 0.29) is 29.6 Å². The molecule has 1 aromatic rings. The number of hydrogen-bond donors (Lipinski definition) is 1. The molecule has 4 nitrogen and oxygen atoms in total. The molecule has 1 saturated heterocycles. The molecule has 3 aliphatic rings. The number of benzene rings is 1. The van der Waals surface area contributed by atoms with Crippen LogP contribution in [-0.4, -0.2) is 35.8 Å². The Morgan fingerprint density at radius 1 is 1.15 bits per heavy atom. The van der Waals surface area contributed by atoms with Gasteiger partial charge in [0.25, 0.3) is 5.91 Å². The predicted octanol–water partition coefficient (Wildman–Crippen LogP) is 3.62. The van der Waals surface area contributed by atoms with Crippen molar-refractivity contribution >= 4 is 11.8 Å². The highest BCUT2D eigenvalue weighted by Gasteiger charge is 2.42. The Morgan fingerprint density at radius 3 is 2.59 bits per heavy atom. The maximum absolute atomic E-state index is 13.1. The number of nitrogens with zero attached hydrogens (tertiary/aromatic N) is 1. The Morgan fingerprint density at radius 2 is 1.93 bits per heavy atom. The van der Waals surface area contributed by atoms with Gasteiger partial charge in [-0.05, 0) is 81.0 Å². The number of nitrogens with one attached hydrogen (secondary N) is 1. The normalized spacial score (nSPS) is 31.0. The second kappa shape index (κ2) is 7.61. The first-order valence-electron chi connectivity index (χ1n) is 10.4. The van der Waals surface area contributed by atoms with E-state index >= 15 is 0 Å².